The Hall–Kier alpha value is -2.22. The molecule has 1 saturated carbocycles. The molecule has 1 N–H and O–H groups in total. The molecule has 0 aliphatic heterocycles. The van der Waals surface area contributed by atoms with Crippen LogP contribution < -0.4 is 4.74 Å². The first kappa shape index (κ1) is 14.7. The van der Waals surface area contributed by atoms with E-state index in [0.717, 1.165) is 41.9 Å². The third kappa shape index (κ3) is 3.01. The highest BCUT2D eigenvalue weighted by Gasteiger charge is 2.26. The van der Waals surface area contributed by atoms with E-state index in [9.17, 15) is 5.11 Å². The summed E-state index contributed by atoms with van der Waals surface area (Å²) < 4.78 is 6.18. The maximum Gasteiger partial charge on any atom is 0.138 e. The number of allylic oxidation sites excluding steroid dienone is 1. The first-order valence-electron chi connectivity index (χ1n) is 7.98. The molecule has 1 fully saturated rings. The molecule has 1 aliphatic carbocycles. The molecular formula is C20H22O2. The van der Waals surface area contributed by atoms with Crippen molar-refractivity contribution in [2.45, 2.75) is 38.0 Å². The van der Waals surface area contributed by atoms with Crippen molar-refractivity contribution in [1.82, 2.24) is 0 Å². The third-order valence-electron chi connectivity index (χ3n) is 4.35. The van der Waals surface area contributed by atoms with E-state index in [0.29, 0.717) is 11.7 Å². The lowest BCUT2D eigenvalue weighted by Crippen LogP contribution is -2.01. The largest absolute Gasteiger partial charge is 0.508 e. The quantitative estimate of drug-likeness (QED) is 0.730. The summed E-state index contributed by atoms with van der Waals surface area (Å²) in [5.41, 5.74) is 2.05. The molecule has 0 unspecified atom stereocenters. The van der Waals surface area contributed by atoms with Crippen LogP contribution in [0.3, 0.4) is 0 Å². The molecule has 3 rings (SSSR count). The van der Waals surface area contributed by atoms with E-state index in [2.05, 4.69) is 6.58 Å². The standard InChI is InChI=1S/C20H22O2/c1-2-8-16-13-14-18(21)19(15-9-6-7-10-15)20(16)22-17-11-4-3-5-12-17/h2-5,11-15,21H,1,6-10H2. The van der Waals surface area contributed by atoms with Crippen LogP contribution in [0.5, 0.6) is 17.2 Å². The van der Waals surface area contributed by atoms with Gasteiger partial charge in [0.2, 0.25) is 0 Å². The fourth-order valence-electron chi connectivity index (χ4n) is 3.29. The maximum atomic E-state index is 10.4. The van der Waals surface area contributed by atoms with Gasteiger partial charge in [-0.2, -0.15) is 0 Å². The Kier molecular flexibility index (Phi) is 4.47. The Bertz CT molecular complexity index is 640. The Labute approximate surface area is 132 Å². The lowest BCUT2D eigenvalue weighted by atomic mass is 9.92. The van der Waals surface area contributed by atoms with Crippen LogP contribution in [0.2, 0.25) is 0 Å². The number of hydrogen-bond donors (Lipinski definition) is 1. The Morgan fingerprint density at radius 2 is 1.82 bits per heavy atom. The number of hydrogen-bond acceptors (Lipinski definition) is 2. The van der Waals surface area contributed by atoms with E-state index in [1.165, 1.54) is 12.8 Å². The van der Waals surface area contributed by atoms with Crippen LogP contribution in [-0.4, -0.2) is 5.11 Å². The smallest absolute Gasteiger partial charge is 0.138 e. The van der Waals surface area contributed by atoms with Crippen LogP contribution in [0.25, 0.3) is 0 Å². The minimum absolute atomic E-state index is 0.352. The van der Waals surface area contributed by atoms with Gasteiger partial charge >= 0.3 is 0 Å². The number of phenols is 1. The minimum Gasteiger partial charge on any atom is -0.508 e. The molecule has 0 radical (unpaired) electrons. The van der Waals surface area contributed by atoms with E-state index in [4.69, 9.17) is 4.74 Å². The van der Waals surface area contributed by atoms with E-state index in [1.807, 2.05) is 42.5 Å². The van der Waals surface area contributed by atoms with E-state index in [1.54, 1.807) is 6.07 Å². The van der Waals surface area contributed by atoms with Crippen LogP contribution >= 0.6 is 0 Å². The molecular weight excluding hydrogens is 272 g/mol. The Morgan fingerprint density at radius 3 is 2.50 bits per heavy atom. The molecule has 2 aromatic rings. The molecule has 1 aliphatic rings. The molecule has 2 nitrogen and oxygen atoms in total. The monoisotopic (exact) mass is 294 g/mol. The van der Waals surface area contributed by atoms with E-state index in [-0.39, 0.29) is 0 Å². The summed E-state index contributed by atoms with van der Waals surface area (Å²) in [6.45, 7) is 3.84. The van der Waals surface area contributed by atoms with Crippen molar-refractivity contribution in [3.05, 3.63) is 66.2 Å². The van der Waals surface area contributed by atoms with Gasteiger partial charge in [0, 0.05) is 5.56 Å². The van der Waals surface area contributed by atoms with Crippen LogP contribution in [0.1, 0.15) is 42.7 Å². The highest BCUT2D eigenvalue weighted by molar-refractivity contribution is 5.54. The van der Waals surface area contributed by atoms with Crippen LogP contribution in [0.4, 0.5) is 0 Å². The SMILES string of the molecule is C=CCc1ccc(O)c(C2CCCC2)c1Oc1ccccc1. The first-order chi connectivity index (χ1) is 10.8. The maximum absolute atomic E-state index is 10.4. The van der Waals surface area contributed by atoms with Crippen LogP contribution in [0.15, 0.2) is 55.1 Å². The molecule has 22 heavy (non-hydrogen) atoms. The minimum atomic E-state index is 0.352. The summed E-state index contributed by atoms with van der Waals surface area (Å²) in [6, 6.07) is 13.5. The summed E-state index contributed by atoms with van der Waals surface area (Å²) in [5.74, 6) is 2.37. The van der Waals surface area contributed by atoms with E-state index >= 15 is 0 Å². The third-order valence-corrected chi connectivity index (χ3v) is 4.35. The zero-order chi connectivity index (χ0) is 15.4. The van der Waals surface area contributed by atoms with Gasteiger partial charge in [0.05, 0.1) is 0 Å². The summed E-state index contributed by atoms with van der Waals surface area (Å²) in [5, 5.41) is 10.4. The second kappa shape index (κ2) is 6.69. The molecule has 0 bridgehead atoms. The lowest BCUT2D eigenvalue weighted by Gasteiger charge is -2.20. The van der Waals surface area contributed by atoms with Crippen LogP contribution in [0, 0.1) is 0 Å². The van der Waals surface area contributed by atoms with Crippen molar-refractivity contribution < 1.29 is 9.84 Å². The van der Waals surface area contributed by atoms with Gasteiger partial charge in [-0.1, -0.05) is 43.2 Å². The predicted molar refractivity (Wildman–Crippen MR) is 89.7 cm³/mol. The first-order valence-corrected chi connectivity index (χ1v) is 7.98. The number of phenolic OH excluding ortho intramolecular Hbond substituents is 1. The molecule has 0 heterocycles. The van der Waals surface area contributed by atoms with E-state index < -0.39 is 0 Å². The number of para-hydroxylation sites is 1. The van der Waals surface area contributed by atoms with Gasteiger partial charge in [-0.15, -0.1) is 6.58 Å². The molecule has 2 heteroatoms. The highest BCUT2D eigenvalue weighted by atomic mass is 16.5. The van der Waals surface area contributed by atoms with Gasteiger partial charge in [-0.05, 0) is 48.9 Å². The van der Waals surface area contributed by atoms with Crippen molar-refractivity contribution in [1.29, 1.82) is 0 Å². The second-order valence-corrected chi connectivity index (χ2v) is 5.88. The molecule has 0 atom stereocenters. The number of ether oxygens (including phenoxy) is 1. The number of benzene rings is 2. The Balaban J connectivity index is 2.06. The Morgan fingerprint density at radius 1 is 1.09 bits per heavy atom. The highest BCUT2D eigenvalue weighted by Crippen LogP contribution is 2.46. The number of aromatic hydroxyl groups is 1. The zero-order valence-corrected chi connectivity index (χ0v) is 12.8. The number of rotatable bonds is 5. The normalized spacial score (nSPS) is 14.9. The van der Waals surface area contributed by atoms with Crippen molar-refractivity contribution in [3.8, 4) is 17.2 Å². The lowest BCUT2D eigenvalue weighted by molar-refractivity contribution is 0.430. The summed E-state index contributed by atoms with van der Waals surface area (Å²) in [7, 11) is 0. The molecule has 0 aromatic heterocycles. The van der Waals surface area contributed by atoms with Crippen molar-refractivity contribution in [3.63, 3.8) is 0 Å². The van der Waals surface area contributed by atoms with Crippen molar-refractivity contribution >= 4 is 0 Å². The molecule has 114 valence electrons. The van der Waals surface area contributed by atoms with Crippen LogP contribution in [-0.2, 0) is 6.42 Å². The zero-order valence-electron chi connectivity index (χ0n) is 12.8. The summed E-state index contributed by atoms with van der Waals surface area (Å²) in [4.78, 5) is 0. The van der Waals surface area contributed by atoms with Gasteiger partial charge in [0.1, 0.15) is 17.2 Å². The predicted octanol–water partition coefficient (Wildman–Crippen LogP) is 5.57. The molecule has 0 amide bonds. The van der Waals surface area contributed by atoms with Gasteiger partial charge in [-0.25, -0.2) is 0 Å². The molecule has 2 aromatic carbocycles. The van der Waals surface area contributed by atoms with Gasteiger partial charge in [-0.3, -0.25) is 0 Å². The molecule has 0 spiro atoms. The average Bonchev–Trinajstić information content (AvgIpc) is 3.05. The van der Waals surface area contributed by atoms with Gasteiger partial charge in [0.25, 0.3) is 0 Å². The fourth-order valence-corrected chi connectivity index (χ4v) is 3.29. The van der Waals surface area contributed by atoms with Crippen molar-refractivity contribution in [2.75, 3.05) is 0 Å². The second-order valence-electron chi connectivity index (χ2n) is 5.88. The van der Waals surface area contributed by atoms with Gasteiger partial charge in [0.15, 0.2) is 0 Å². The summed E-state index contributed by atoms with van der Waals surface area (Å²) in [6.07, 6.45) is 7.30. The average molecular weight is 294 g/mol. The molecule has 0 saturated heterocycles. The summed E-state index contributed by atoms with van der Waals surface area (Å²) >= 11 is 0. The fraction of sp³-hybridized carbons (Fsp3) is 0.300. The topological polar surface area (TPSA) is 29.5 Å². The van der Waals surface area contributed by atoms with Gasteiger partial charge < -0.3 is 9.84 Å². The van der Waals surface area contributed by atoms with Crippen molar-refractivity contribution in [2.24, 2.45) is 0 Å².